The zero-order chi connectivity index (χ0) is 19.8. The Balaban J connectivity index is 1.96. The first kappa shape index (κ1) is 18.9. The molecule has 0 aliphatic carbocycles. The van der Waals surface area contributed by atoms with Crippen LogP contribution in [0.4, 0.5) is 0 Å². The molecule has 0 N–H and O–H groups in total. The van der Waals surface area contributed by atoms with Crippen LogP contribution < -0.4 is 14.9 Å². The van der Waals surface area contributed by atoms with Gasteiger partial charge in [-0.15, -0.1) is 11.3 Å². The van der Waals surface area contributed by atoms with Crippen LogP contribution in [0.25, 0.3) is 6.08 Å². The van der Waals surface area contributed by atoms with Gasteiger partial charge in [-0.05, 0) is 42.1 Å². The summed E-state index contributed by atoms with van der Waals surface area (Å²) in [4.78, 5) is 31.7. The third-order valence-electron chi connectivity index (χ3n) is 4.41. The van der Waals surface area contributed by atoms with E-state index in [1.807, 2.05) is 35.7 Å². The van der Waals surface area contributed by atoms with E-state index in [0.717, 1.165) is 10.4 Å². The number of hydrogen-bond donors (Lipinski definition) is 0. The van der Waals surface area contributed by atoms with Crippen molar-refractivity contribution in [3.63, 3.8) is 0 Å². The van der Waals surface area contributed by atoms with Crippen LogP contribution in [0.5, 0.6) is 0 Å². The van der Waals surface area contributed by atoms with Crippen molar-refractivity contribution in [2.45, 2.75) is 13.0 Å². The van der Waals surface area contributed by atoms with E-state index in [1.165, 1.54) is 29.8 Å². The summed E-state index contributed by atoms with van der Waals surface area (Å²) >= 11 is 8.73. The molecule has 5 nitrogen and oxygen atoms in total. The molecular weight excluding hydrogens is 416 g/mol. The van der Waals surface area contributed by atoms with E-state index in [9.17, 15) is 9.59 Å². The Bertz CT molecular complexity index is 1250. The molecule has 1 atom stereocenters. The van der Waals surface area contributed by atoms with Gasteiger partial charge in [-0.1, -0.05) is 41.1 Å². The van der Waals surface area contributed by atoms with Gasteiger partial charge in [0.15, 0.2) is 4.80 Å². The van der Waals surface area contributed by atoms with Crippen molar-refractivity contribution in [1.29, 1.82) is 0 Å². The highest BCUT2D eigenvalue weighted by Gasteiger charge is 2.33. The van der Waals surface area contributed by atoms with Crippen molar-refractivity contribution >= 4 is 46.3 Å². The minimum atomic E-state index is -0.545. The number of carbonyl (C=O) groups excluding carboxylic acids is 1. The minimum Gasteiger partial charge on any atom is -0.466 e. The molecule has 2 aromatic heterocycles. The van der Waals surface area contributed by atoms with E-state index in [-0.39, 0.29) is 5.56 Å². The number of aromatic nitrogens is 1. The molecule has 0 bridgehead atoms. The fourth-order valence-corrected chi connectivity index (χ4v) is 5.12. The number of hydrogen-bond acceptors (Lipinski definition) is 6. The van der Waals surface area contributed by atoms with E-state index in [4.69, 9.17) is 16.3 Å². The molecule has 1 aliphatic heterocycles. The molecule has 0 amide bonds. The molecule has 0 fully saturated rings. The number of allylic oxidation sites excluding steroid dienone is 1. The van der Waals surface area contributed by atoms with Crippen LogP contribution in [0, 0.1) is 0 Å². The third kappa shape index (κ3) is 3.26. The SMILES string of the molecule is COC(=O)C1=C(C)N=c2sc(=Cc3ccc(Cl)cc3)c(=O)n2C1c1cccs1. The second-order valence-corrected chi connectivity index (χ2v) is 8.57. The second-order valence-electron chi connectivity index (χ2n) is 6.14. The van der Waals surface area contributed by atoms with Crippen molar-refractivity contribution in [1.82, 2.24) is 4.57 Å². The number of methoxy groups -OCH3 is 1. The fourth-order valence-electron chi connectivity index (χ4n) is 3.12. The van der Waals surface area contributed by atoms with Crippen LogP contribution in [0.3, 0.4) is 0 Å². The second kappa shape index (κ2) is 7.50. The Kier molecular flexibility index (Phi) is 5.05. The summed E-state index contributed by atoms with van der Waals surface area (Å²) in [7, 11) is 1.33. The lowest BCUT2D eigenvalue weighted by Gasteiger charge is -2.22. The van der Waals surface area contributed by atoms with E-state index in [2.05, 4.69) is 4.99 Å². The zero-order valence-corrected chi connectivity index (χ0v) is 17.4. The Morgan fingerprint density at radius 2 is 2.04 bits per heavy atom. The van der Waals surface area contributed by atoms with Crippen LogP contribution in [0.1, 0.15) is 23.4 Å². The standard InChI is InChI=1S/C20H15ClN2O3S2/c1-11-16(19(25)26-2)17(14-4-3-9-27-14)23-18(24)15(28-20(23)22-11)10-12-5-7-13(21)8-6-12/h3-10,17H,1-2H3. The van der Waals surface area contributed by atoms with Crippen LogP contribution in [-0.2, 0) is 9.53 Å². The maximum Gasteiger partial charge on any atom is 0.338 e. The van der Waals surface area contributed by atoms with E-state index >= 15 is 0 Å². The molecule has 0 saturated heterocycles. The molecule has 8 heteroatoms. The molecule has 4 rings (SSSR count). The van der Waals surface area contributed by atoms with Gasteiger partial charge in [0.1, 0.15) is 6.04 Å². The van der Waals surface area contributed by atoms with Gasteiger partial charge in [0.05, 0.1) is 22.9 Å². The average molecular weight is 431 g/mol. The number of ether oxygens (including phenoxy) is 1. The van der Waals surface area contributed by atoms with Crippen molar-refractivity contribution in [2.24, 2.45) is 4.99 Å². The Hall–Kier alpha value is -2.48. The molecule has 0 radical (unpaired) electrons. The molecule has 1 aliphatic rings. The Labute approximate surface area is 173 Å². The minimum absolute atomic E-state index is 0.189. The van der Waals surface area contributed by atoms with E-state index in [0.29, 0.717) is 25.6 Å². The molecule has 1 aromatic carbocycles. The molecule has 3 heterocycles. The molecule has 142 valence electrons. The average Bonchev–Trinajstić information content (AvgIpc) is 3.31. The van der Waals surface area contributed by atoms with Crippen molar-refractivity contribution in [3.8, 4) is 0 Å². The lowest BCUT2D eigenvalue weighted by Crippen LogP contribution is -2.39. The Morgan fingerprint density at radius 1 is 1.29 bits per heavy atom. The Morgan fingerprint density at radius 3 is 2.68 bits per heavy atom. The number of rotatable bonds is 3. The lowest BCUT2D eigenvalue weighted by atomic mass is 10.0. The van der Waals surface area contributed by atoms with Gasteiger partial charge in [-0.3, -0.25) is 9.36 Å². The van der Waals surface area contributed by atoms with Crippen LogP contribution in [0.2, 0.25) is 5.02 Å². The summed E-state index contributed by atoms with van der Waals surface area (Å²) in [6.45, 7) is 1.77. The maximum absolute atomic E-state index is 13.2. The summed E-state index contributed by atoms with van der Waals surface area (Å²) < 4.78 is 7.10. The molecule has 3 aromatic rings. The van der Waals surface area contributed by atoms with Crippen molar-refractivity contribution < 1.29 is 9.53 Å². The normalized spacial score (nSPS) is 16.7. The van der Waals surface area contributed by atoms with Gasteiger partial charge >= 0.3 is 5.97 Å². The summed E-state index contributed by atoms with van der Waals surface area (Å²) in [5.74, 6) is -0.480. The number of nitrogens with zero attached hydrogens (tertiary/aromatic N) is 2. The molecule has 1 unspecified atom stereocenters. The number of thiazole rings is 1. The molecular formula is C20H15ClN2O3S2. The zero-order valence-electron chi connectivity index (χ0n) is 15.0. The topological polar surface area (TPSA) is 60.7 Å². The monoisotopic (exact) mass is 430 g/mol. The highest BCUT2D eigenvalue weighted by molar-refractivity contribution is 7.10. The summed E-state index contributed by atoms with van der Waals surface area (Å²) in [5, 5.41) is 2.55. The highest BCUT2D eigenvalue weighted by Crippen LogP contribution is 2.32. The summed E-state index contributed by atoms with van der Waals surface area (Å²) in [5.41, 5.74) is 1.62. The lowest BCUT2D eigenvalue weighted by molar-refractivity contribution is -0.136. The number of halogens is 1. The van der Waals surface area contributed by atoms with Gasteiger partial charge in [-0.25, -0.2) is 9.79 Å². The van der Waals surface area contributed by atoms with Crippen molar-refractivity contribution in [2.75, 3.05) is 7.11 Å². The first-order valence-electron chi connectivity index (χ1n) is 8.39. The maximum atomic E-state index is 13.2. The van der Waals surface area contributed by atoms with E-state index in [1.54, 1.807) is 23.6 Å². The smallest absolute Gasteiger partial charge is 0.338 e. The largest absolute Gasteiger partial charge is 0.466 e. The van der Waals surface area contributed by atoms with Crippen LogP contribution in [0.15, 0.2) is 62.8 Å². The first-order valence-corrected chi connectivity index (χ1v) is 10.5. The molecule has 0 spiro atoms. The van der Waals surface area contributed by atoms with Crippen molar-refractivity contribution in [3.05, 3.63) is 88.2 Å². The predicted molar refractivity (Wildman–Crippen MR) is 112 cm³/mol. The third-order valence-corrected chi connectivity index (χ3v) is 6.57. The highest BCUT2D eigenvalue weighted by atomic mass is 35.5. The number of benzene rings is 1. The molecule has 28 heavy (non-hydrogen) atoms. The number of thiophene rings is 1. The summed E-state index contributed by atoms with van der Waals surface area (Å²) in [6.07, 6.45) is 1.81. The van der Waals surface area contributed by atoms with Gasteiger partial charge in [-0.2, -0.15) is 0 Å². The first-order chi connectivity index (χ1) is 13.5. The number of fused-ring (bicyclic) bond motifs is 1. The predicted octanol–water partition coefficient (Wildman–Crippen LogP) is 3.12. The van der Waals surface area contributed by atoms with E-state index < -0.39 is 12.0 Å². The van der Waals surface area contributed by atoms with Gasteiger partial charge in [0, 0.05) is 9.90 Å². The van der Waals surface area contributed by atoms with Crippen LogP contribution >= 0.6 is 34.3 Å². The quantitative estimate of drug-likeness (QED) is 0.600. The molecule has 0 saturated carbocycles. The van der Waals surface area contributed by atoms with Gasteiger partial charge in [0.2, 0.25) is 0 Å². The number of carbonyl (C=O) groups is 1. The summed E-state index contributed by atoms with van der Waals surface area (Å²) in [6, 6.07) is 10.5. The van der Waals surface area contributed by atoms with Crippen LogP contribution in [-0.4, -0.2) is 17.6 Å². The number of esters is 1. The van der Waals surface area contributed by atoms with Gasteiger partial charge in [0.25, 0.3) is 5.56 Å². The fraction of sp³-hybridized carbons (Fsp3) is 0.150. The van der Waals surface area contributed by atoms with Gasteiger partial charge < -0.3 is 4.74 Å².